The second kappa shape index (κ2) is 10.9. The third-order valence-electron chi connectivity index (χ3n) is 3.90. The zero-order chi connectivity index (χ0) is 21.2. The second-order valence-electron chi connectivity index (χ2n) is 5.99. The van der Waals surface area contributed by atoms with E-state index in [0.29, 0.717) is 19.0 Å². The average Bonchev–Trinajstić information content (AvgIpc) is 2.73. The first-order chi connectivity index (χ1) is 13.9. The van der Waals surface area contributed by atoms with Crippen LogP contribution < -0.4 is 20.7 Å². The molecule has 0 unspecified atom stereocenters. The van der Waals surface area contributed by atoms with Gasteiger partial charge in [0.2, 0.25) is 5.91 Å². The molecule has 0 atom stereocenters. The van der Waals surface area contributed by atoms with E-state index in [1.165, 1.54) is 0 Å². The molecule has 0 saturated heterocycles. The Kier molecular flexibility index (Phi) is 8.32. The molecule has 2 rings (SSSR count). The van der Waals surface area contributed by atoms with E-state index >= 15 is 0 Å². The van der Waals surface area contributed by atoms with Crippen LogP contribution in [0.25, 0.3) is 0 Å². The molecule has 0 heterocycles. The fraction of sp³-hybridized carbons (Fsp3) is 0.300. The van der Waals surface area contributed by atoms with E-state index in [4.69, 9.17) is 4.74 Å². The molecular formula is C20H23F3N4O2. The summed E-state index contributed by atoms with van der Waals surface area (Å²) in [6.07, 6.45) is 0.723. The van der Waals surface area contributed by atoms with Crippen LogP contribution in [0.1, 0.15) is 12.5 Å². The van der Waals surface area contributed by atoms with Gasteiger partial charge < -0.3 is 20.7 Å². The van der Waals surface area contributed by atoms with E-state index in [9.17, 15) is 18.0 Å². The Morgan fingerprint density at radius 2 is 1.76 bits per heavy atom. The van der Waals surface area contributed by atoms with Crippen molar-refractivity contribution in [2.24, 2.45) is 4.99 Å². The van der Waals surface area contributed by atoms with Crippen molar-refractivity contribution in [3.8, 4) is 5.75 Å². The Bertz CT molecular complexity index is 858. The molecule has 3 N–H and O–H groups in total. The number of hydrogen-bond donors (Lipinski definition) is 3. The lowest BCUT2D eigenvalue weighted by Gasteiger charge is -2.12. The van der Waals surface area contributed by atoms with Crippen LogP contribution in [0, 0.1) is 17.5 Å². The largest absolute Gasteiger partial charge is 0.497 e. The van der Waals surface area contributed by atoms with E-state index in [1.54, 1.807) is 7.11 Å². The number of guanidine groups is 1. The lowest BCUT2D eigenvalue weighted by molar-refractivity contribution is -0.114. The lowest BCUT2D eigenvalue weighted by atomic mass is 10.1. The van der Waals surface area contributed by atoms with E-state index in [2.05, 4.69) is 20.9 Å². The van der Waals surface area contributed by atoms with Crippen LogP contribution in [-0.2, 0) is 11.2 Å². The molecule has 0 fully saturated rings. The number of nitrogens with one attached hydrogen (secondary N) is 3. The Morgan fingerprint density at radius 1 is 1.03 bits per heavy atom. The highest BCUT2D eigenvalue weighted by atomic mass is 19.2. The smallest absolute Gasteiger partial charge is 0.246 e. The summed E-state index contributed by atoms with van der Waals surface area (Å²) >= 11 is 0. The van der Waals surface area contributed by atoms with Crippen LogP contribution in [0.15, 0.2) is 41.4 Å². The fourth-order valence-electron chi connectivity index (χ4n) is 2.42. The number of rotatable bonds is 8. The number of hydrogen-bond acceptors (Lipinski definition) is 3. The number of benzene rings is 2. The summed E-state index contributed by atoms with van der Waals surface area (Å²) < 4.78 is 44.9. The van der Waals surface area contributed by atoms with Crippen LogP contribution in [0.4, 0.5) is 18.9 Å². The maximum Gasteiger partial charge on any atom is 0.246 e. The van der Waals surface area contributed by atoms with Crippen molar-refractivity contribution in [2.45, 2.75) is 13.3 Å². The summed E-state index contributed by atoms with van der Waals surface area (Å²) in [7, 11) is 1.60. The highest BCUT2D eigenvalue weighted by Gasteiger charge is 2.15. The zero-order valence-corrected chi connectivity index (χ0v) is 16.2. The Labute approximate surface area is 167 Å². The number of carbonyl (C=O) groups excluding carboxylic acids is 1. The van der Waals surface area contributed by atoms with E-state index < -0.39 is 29.0 Å². The average molecular weight is 408 g/mol. The number of carbonyl (C=O) groups is 1. The van der Waals surface area contributed by atoms with Crippen LogP contribution >= 0.6 is 0 Å². The molecule has 0 radical (unpaired) electrons. The molecule has 0 aliphatic rings. The molecule has 0 aliphatic carbocycles. The molecule has 156 valence electrons. The summed E-state index contributed by atoms with van der Waals surface area (Å²) in [5.41, 5.74) is 0.655. The first kappa shape index (κ1) is 22.1. The monoisotopic (exact) mass is 408 g/mol. The Balaban J connectivity index is 1.88. The van der Waals surface area contributed by atoms with Gasteiger partial charge in [-0.1, -0.05) is 12.1 Å². The highest BCUT2D eigenvalue weighted by Crippen LogP contribution is 2.19. The molecule has 2 aromatic rings. The van der Waals surface area contributed by atoms with Gasteiger partial charge >= 0.3 is 0 Å². The molecule has 2 aromatic carbocycles. The van der Waals surface area contributed by atoms with Crippen molar-refractivity contribution in [1.82, 2.24) is 10.6 Å². The Hall–Kier alpha value is -3.23. The van der Waals surface area contributed by atoms with Crippen molar-refractivity contribution < 1.29 is 22.7 Å². The third kappa shape index (κ3) is 6.70. The molecule has 29 heavy (non-hydrogen) atoms. The minimum absolute atomic E-state index is 0.323. The van der Waals surface area contributed by atoms with Crippen molar-refractivity contribution >= 4 is 17.6 Å². The molecule has 0 saturated carbocycles. The summed E-state index contributed by atoms with van der Waals surface area (Å²) in [6, 6.07) is 9.34. The van der Waals surface area contributed by atoms with Crippen molar-refractivity contribution in [1.29, 1.82) is 0 Å². The maximum atomic E-state index is 13.6. The number of methoxy groups -OCH3 is 1. The maximum absolute atomic E-state index is 13.6. The van der Waals surface area contributed by atoms with Gasteiger partial charge in [-0.05, 0) is 43.2 Å². The molecule has 0 aromatic heterocycles. The third-order valence-corrected chi connectivity index (χ3v) is 3.90. The Morgan fingerprint density at radius 3 is 2.41 bits per heavy atom. The van der Waals surface area contributed by atoms with Gasteiger partial charge in [-0.25, -0.2) is 18.2 Å². The van der Waals surface area contributed by atoms with Gasteiger partial charge in [-0.15, -0.1) is 0 Å². The summed E-state index contributed by atoms with van der Waals surface area (Å²) in [6.45, 7) is 2.69. The van der Waals surface area contributed by atoms with Gasteiger partial charge in [-0.3, -0.25) is 4.79 Å². The van der Waals surface area contributed by atoms with Crippen LogP contribution in [-0.4, -0.2) is 38.6 Å². The number of halogens is 3. The lowest BCUT2D eigenvalue weighted by Crippen LogP contribution is -2.39. The van der Waals surface area contributed by atoms with Gasteiger partial charge in [0.15, 0.2) is 23.4 Å². The molecule has 6 nitrogen and oxygen atoms in total. The van der Waals surface area contributed by atoms with Gasteiger partial charge in [0, 0.05) is 13.1 Å². The molecule has 0 aliphatic heterocycles. The topological polar surface area (TPSA) is 74.8 Å². The summed E-state index contributed by atoms with van der Waals surface area (Å²) in [4.78, 5) is 16.1. The van der Waals surface area contributed by atoms with E-state index in [0.717, 1.165) is 29.9 Å². The predicted octanol–water partition coefficient (Wildman–Crippen LogP) is 2.85. The van der Waals surface area contributed by atoms with Crippen LogP contribution in [0.5, 0.6) is 5.75 Å². The molecule has 1 amide bonds. The molecule has 0 spiro atoms. The van der Waals surface area contributed by atoms with E-state index in [-0.39, 0.29) is 6.54 Å². The van der Waals surface area contributed by atoms with Crippen LogP contribution in [0.3, 0.4) is 0 Å². The van der Waals surface area contributed by atoms with E-state index in [1.807, 2.05) is 31.2 Å². The minimum atomic E-state index is -1.64. The molecule has 0 bridgehead atoms. The van der Waals surface area contributed by atoms with Crippen LogP contribution in [0.2, 0.25) is 0 Å². The quantitative estimate of drug-likeness (QED) is 0.357. The standard InChI is InChI=1S/C20H23F3N4O2/c1-3-24-20(25-11-10-13-4-6-14(29-2)7-5-13)26-12-17(28)27-16-9-8-15(21)18(22)19(16)23/h4-9H,3,10-12H2,1-2H3,(H,27,28)(H2,24,25,26). The zero-order valence-electron chi connectivity index (χ0n) is 16.2. The van der Waals surface area contributed by atoms with Gasteiger partial charge in [-0.2, -0.15) is 0 Å². The number of aliphatic imine (C=N–C) groups is 1. The summed E-state index contributed by atoms with van der Waals surface area (Å²) in [5.74, 6) is -3.90. The predicted molar refractivity (Wildman–Crippen MR) is 106 cm³/mol. The number of nitrogens with zero attached hydrogens (tertiary/aromatic N) is 1. The normalized spacial score (nSPS) is 11.1. The highest BCUT2D eigenvalue weighted by molar-refractivity contribution is 5.94. The first-order valence-corrected chi connectivity index (χ1v) is 9.03. The van der Waals surface area contributed by atoms with Crippen molar-refractivity contribution in [2.75, 3.05) is 32.1 Å². The minimum Gasteiger partial charge on any atom is -0.497 e. The van der Waals surface area contributed by atoms with Gasteiger partial charge in [0.25, 0.3) is 0 Å². The molecule has 9 heteroatoms. The second-order valence-corrected chi connectivity index (χ2v) is 5.99. The number of ether oxygens (including phenoxy) is 1. The first-order valence-electron chi connectivity index (χ1n) is 9.03. The van der Waals surface area contributed by atoms with Crippen molar-refractivity contribution in [3.05, 3.63) is 59.4 Å². The van der Waals surface area contributed by atoms with Gasteiger partial charge in [0.1, 0.15) is 12.3 Å². The number of anilines is 1. The van der Waals surface area contributed by atoms with Gasteiger partial charge in [0.05, 0.1) is 12.8 Å². The number of amides is 1. The molecular weight excluding hydrogens is 385 g/mol. The van der Waals surface area contributed by atoms with Crippen molar-refractivity contribution in [3.63, 3.8) is 0 Å². The summed E-state index contributed by atoms with van der Waals surface area (Å²) in [5, 5.41) is 8.25. The fourth-order valence-corrected chi connectivity index (χ4v) is 2.42. The SMILES string of the molecule is CCNC(=NCC(=O)Nc1ccc(F)c(F)c1F)NCCc1ccc(OC)cc1.